The van der Waals surface area contributed by atoms with Gasteiger partial charge in [0.25, 0.3) is 5.91 Å². The van der Waals surface area contributed by atoms with Crippen LogP contribution in [0.4, 0.5) is 0 Å². The van der Waals surface area contributed by atoms with Crippen LogP contribution in [0.5, 0.6) is 0 Å². The lowest BCUT2D eigenvalue weighted by Gasteiger charge is -2.32. The van der Waals surface area contributed by atoms with E-state index in [2.05, 4.69) is 12.1 Å². The molecule has 0 saturated carbocycles. The molecule has 0 spiro atoms. The highest BCUT2D eigenvalue weighted by atomic mass is 32.2. The maximum Gasteiger partial charge on any atom is 0.289 e. The summed E-state index contributed by atoms with van der Waals surface area (Å²) in [5.74, 6) is 1.42. The van der Waals surface area contributed by atoms with E-state index in [0.717, 1.165) is 18.4 Å². The Hall–Kier alpha value is -1.72. The fourth-order valence-corrected chi connectivity index (χ4v) is 3.94. The lowest BCUT2D eigenvalue weighted by atomic mass is 9.92. The summed E-state index contributed by atoms with van der Waals surface area (Å²) in [5.41, 5.74) is 0.937. The highest BCUT2D eigenvalue weighted by Gasteiger charge is 2.28. The molecule has 5 heteroatoms. The molecular formula is C19H23NO3S. The SMILES string of the molecule is CC(O)C1CCN(C(=O)c2occc2CSc2ccccc2)CC1. The fraction of sp³-hybridized carbons (Fsp3) is 0.421. The molecule has 1 N–H and O–H groups in total. The van der Waals surface area contributed by atoms with Gasteiger partial charge in [0, 0.05) is 29.3 Å². The maximum absolute atomic E-state index is 12.7. The Labute approximate surface area is 146 Å². The number of benzene rings is 1. The van der Waals surface area contributed by atoms with E-state index in [1.54, 1.807) is 18.0 Å². The first-order chi connectivity index (χ1) is 11.6. The van der Waals surface area contributed by atoms with Crippen molar-refractivity contribution in [2.45, 2.75) is 36.5 Å². The summed E-state index contributed by atoms with van der Waals surface area (Å²) in [5, 5.41) is 9.68. The Bertz CT molecular complexity index is 660. The normalized spacial score (nSPS) is 17.0. The summed E-state index contributed by atoms with van der Waals surface area (Å²) in [6, 6.07) is 12.0. The van der Waals surface area contributed by atoms with Crippen LogP contribution in [-0.2, 0) is 5.75 Å². The second-order valence-electron chi connectivity index (χ2n) is 6.25. The van der Waals surface area contributed by atoms with Gasteiger partial charge in [0.15, 0.2) is 5.76 Å². The van der Waals surface area contributed by atoms with Gasteiger partial charge in [-0.05, 0) is 43.9 Å². The number of likely N-dealkylation sites (tertiary alicyclic amines) is 1. The fourth-order valence-electron chi connectivity index (χ4n) is 3.04. The van der Waals surface area contributed by atoms with Crippen LogP contribution in [-0.4, -0.2) is 35.1 Å². The number of furan rings is 1. The number of hydrogen-bond donors (Lipinski definition) is 1. The number of carbonyl (C=O) groups is 1. The number of thioether (sulfide) groups is 1. The minimum Gasteiger partial charge on any atom is -0.459 e. The Morgan fingerprint density at radius 2 is 2.00 bits per heavy atom. The molecule has 1 aliphatic heterocycles. The maximum atomic E-state index is 12.7. The minimum absolute atomic E-state index is 0.0345. The van der Waals surface area contributed by atoms with Crippen molar-refractivity contribution in [1.29, 1.82) is 0 Å². The van der Waals surface area contributed by atoms with E-state index in [-0.39, 0.29) is 12.0 Å². The van der Waals surface area contributed by atoms with Gasteiger partial charge >= 0.3 is 0 Å². The van der Waals surface area contributed by atoms with Crippen LogP contribution in [0.2, 0.25) is 0 Å². The monoisotopic (exact) mass is 345 g/mol. The second-order valence-corrected chi connectivity index (χ2v) is 7.30. The van der Waals surface area contributed by atoms with Crippen LogP contribution in [0.1, 0.15) is 35.9 Å². The van der Waals surface area contributed by atoms with E-state index in [1.807, 2.05) is 36.1 Å². The first kappa shape index (κ1) is 17.1. The summed E-state index contributed by atoms with van der Waals surface area (Å²) in [4.78, 5) is 15.7. The third kappa shape index (κ3) is 4.02. The van der Waals surface area contributed by atoms with Crippen molar-refractivity contribution in [3.63, 3.8) is 0 Å². The lowest BCUT2D eigenvalue weighted by molar-refractivity contribution is 0.0497. The Morgan fingerprint density at radius 3 is 2.67 bits per heavy atom. The van der Waals surface area contributed by atoms with Crippen LogP contribution < -0.4 is 0 Å². The molecule has 1 atom stereocenters. The third-order valence-electron chi connectivity index (χ3n) is 4.59. The van der Waals surface area contributed by atoms with E-state index in [1.165, 1.54) is 4.90 Å². The average Bonchev–Trinajstić information content (AvgIpc) is 3.09. The van der Waals surface area contributed by atoms with Crippen LogP contribution in [0.25, 0.3) is 0 Å². The number of rotatable bonds is 5. The number of carbonyl (C=O) groups excluding carboxylic acids is 1. The molecule has 2 aromatic rings. The van der Waals surface area contributed by atoms with Gasteiger partial charge in [-0.15, -0.1) is 11.8 Å². The van der Waals surface area contributed by atoms with Gasteiger partial charge in [-0.1, -0.05) is 18.2 Å². The molecule has 1 fully saturated rings. The van der Waals surface area contributed by atoms with E-state index in [4.69, 9.17) is 4.42 Å². The molecule has 4 nitrogen and oxygen atoms in total. The third-order valence-corrected chi connectivity index (χ3v) is 5.65. The number of hydrogen-bond acceptors (Lipinski definition) is 4. The standard InChI is InChI=1S/C19H23NO3S/c1-14(21)15-7-10-20(11-8-15)19(22)18-16(9-12-23-18)13-24-17-5-3-2-4-6-17/h2-6,9,12,14-15,21H,7-8,10-11,13H2,1H3. The largest absolute Gasteiger partial charge is 0.459 e. The first-order valence-corrected chi connectivity index (χ1v) is 9.35. The summed E-state index contributed by atoms with van der Waals surface area (Å²) in [7, 11) is 0. The minimum atomic E-state index is -0.302. The molecule has 1 unspecified atom stereocenters. The molecule has 128 valence electrons. The molecule has 0 bridgehead atoms. The van der Waals surface area contributed by atoms with Crippen molar-refractivity contribution in [3.05, 3.63) is 54.0 Å². The van der Waals surface area contributed by atoms with Crippen molar-refractivity contribution in [3.8, 4) is 0 Å². The number of aliphatic hydroxyl groups excluding tert-OH is 1. The molecule has 1 aliphatic rings. The summed E-state index contributed by atoms with van der Waals surface area (Å²) >= 11 is 1.70. The molecular weight excluding hydrogens is 322 g/mol. The van der Waals surface area contributed by atoms with Gasteiger partial charge in [-0.2, -0.15) is 0 Å². The van der Waals surface area contributed by atoms with E-state index in [9.17, 15) is 9.90 Å². The molecule has 0 radical (unpaired) electrons. The Balaban J connectivity index is 1.61. The molecule has 1 aromatic heterocycles. The number of amides is 1. The predicted molar refractivity (Wildman–Crippen MR) is 95.0 cm³/mol. The summed E-state index contributed by atoms with van der Waals surface area (Å²) in [6.07, 6.45) is 2.98. The quantitative estimate of drug-likeness (QED) is 0.838. The van der Waals surface area contributed by atoms with E-state index < -0.39 is 0 Å². The molecule has 2 heterocycles. The molecule has 1 saturated heterocycles. The average molecular weight is 345 g/mol. The number of piperidine rings is 1. The van der Waals surface area contributed by atoms with E-state index in [0.29, 0.717) is 30.5 Å². The van der Waals surface area contributed by atoms with Gasteiger partial charge in [-0.25, -0.2) is 0 Å². The second kappa shape index (κ2) is 7.90. The molecule has 1 amide bonds. The van der Waals surface area contributed by atoms with Crippen molar-refractivity contribution in [1.82, 2.24) is 4.90 Å². The zero-order valence-electron chi connectivity index (χ0n) is 13.9. The van der Waals surface area contributed by atoms with Gasteiger partial charge in [-0.3, -0.25) is 4.79 Å². The topological polar surface area (TPSA) is 53.7 Å². The van der Waals surface area contributed by atoms with Crippen molar-refractivity contribution >= 4 is 17.7 Å². The van der Waals surface area contributed by atoms with Crippen LogP contribution in [0, 0.1) is 5.92 Å². The van der Waals surface area contributed by atoms with Crippen molar-refractivity contribution in [2.75, 3.05) is 13.1 Å². The zero-order chi connectivity index (χ0) is 16.9. The van der Waals surface area contributed by atoms with Crippen LogP contribution in [0.3, 0.4) is 0 Å². The highest BCUT2D eigenvalue weighted by molar-refractivity contribution is 7.98. The number of aliphatic hydroxyl groups is 1. The van der Waals surface area contributed by atoms with Gasteiger partial charge in [0.2, 0.25) is 0 Å². The molecule has 1 aromatic carbocycles. The molecule has 3 rings (SSSR count). The zero-order valence-corrected chi connectivity index (χ0v) is 14.7. The Morgan fingerprint density at radius 1 is 1.29 bits per heavy atom. The van der Waals surface area contributed by atoms with Gasteiger partial charge < -0.3 is 14.4 Å². The predicted octanol–water partition coefficient (Wildman–Crippen LogP) is 3.80. The number of nitrogens with zero attached hydrogens (tertiary/aromatic N) is 1. The van der Waals surface area contributed by atoms with Gasteiger partial charge in [0.1, 0.15) is 0 Å². The molecule has 0 aliphatic carbocycles. The van der Waals surface area contributed by atoms with Crippen molar-refractivity contribution < 1.29 is 14.3 Å². The lowest BCUT2D eigenvalue weighted by Crippen LogP contribution is -2.40. The van der Waals surface area contributed by atoms with Crippen LogP contribution in [0.15, 0.2) is 52.0 Å². The summed E-state index contributed by atoms with van der Waals surface area (Å²) < 4.78 is 5.49. The van der Waals surface area contributed by atoms with E-state index >= 15 is 0 Å². The van der Waals surface area contributed by atoms with Gasteiger partial charge in [0.05, 0.1) is 12.4 Å². The smallest absolute Gasteiger partial charge is 0.289 e. The van der Waals surface area contributed by atoms with Crippen molar-refractivity contribution in [2.24, 2.45) is 5.92 Å². The first-order valence-electron chi connectivity index (χ1n) is 8.36. The highest BCUT2D eigenvalue weighted by Crippen LogP contribution is 2.27. The van der Waals surface area contributed by atoms with Crippen LogP contribution >= 0.6 is 11.8 Å². The summed E-state index contributed by atoms with van der Waals surface area (Å²) in [6.45, 7) is 3.19. The Kier molecular flexibility index (Phi) is 5.63. The molecule has 24 heavy (non-hydrogen) atoms.